The average molecular weight is 272 g/mol. The van der Waals surface area contributed by atoms with Crippen LogP contribution in [0, 0.1) is 11.8 Å². The van der Waals surface area contributed by atoms with Gasteiger partial charge in [-0.2, -0.15) is 0 Å². The molecule has 0 radical (unpaired) electrons. The maximum Gasteiger partial charge on any atom is 0.00779 e. The molecule has 0 aromatic rings. The maximum atomic E-state index is 3.53. The van der Waals surface area contributed by atoms with Gasteiger partial charge in [-0.3, -0.25) is 0 Å². The van der Waals surface area contributed by atoms with Gasteiger partial charge in [-0.05, 0) is 25.9 Å². The first kappa shape index (κ1) is 15.3. The van der Waals surface area contributed by atoms with Crippen molar-refractivity contribution >= 4 is 0 Å². The molecule has 0 saturated carbocycles. The third-order valence-electron chi connectivity index (χ3n) is 3.87. The second-order valence-electron chi connectivity index (χ2n) is 5.69. The van der Waals surface area contributed by atoms with Crippen LogP contribution in [0.15, 0.2) is 48.6 Å². The van der Waals surface area contributed by atoms with Crippen molar-refractivity contribution < 1.29 is 0 Å². The maximum absolute atomic E-state index is 3.53. The highest BCUT2D eigenvalue weighted by Crippen LogP contribution is 2.08. The molecule has 2 rings (SSSR count). The summed E-state index contributed by atoms with van der Waals surface area (Å²) in [5, 5.41) is 7.07. The summed E-state index contributed by atoms with van der Waals surface area (Å²) in [5.74, 6) is 1.25. The zero-order valence-corrected chi connectivity index (χ0v) is 12.4. The van der Waals surface area contributed by atoms with Crippen LogP contribution in [0.3, 0.4) is 0 Å². The summed E-state index contributed by atoms with van der Waals surface area (Å²) in [4.78, 5) is 0. The van der Waals surface area contributed by atoms with E-state index in [9.17, 15) is 0 Å². The van der Waals surface area contributed by atoms with E-state index in [4.69, 9.17) is 0 Å². The third-order valence-corrected chi connectivity index (χ3v) is 3.87. The molecule has 2 heteroatoms. The Morgan fingerprint density at radius 1 is 0.550 bits per heavy atom. The molecule has 0 spiro atoms. The number of nitrogens with one attached hydrogen (secondary N) is 2. The Morgan fingerprint density at radius 3 is 1.35 bits per heavy atom. The van der Waals surface area contributed by atoms with E-state index in [1.165, 1.54) is 25.7 Å². The first-order chi connectivity index (χ1) is 9.95. The van der Waals surface area contributed by atoms with Gasteiger partial charge in [0.25, 0.3) is 0 Å². The molecule has 0 aromatic heterocycles. The number of allylic oxidation sites excluding steroid dienone is 4. The van der Waals surface area contributed by atoms with Crippen molar-refractivity contribution in [1.82, 2.24) is 10.6 Å². The van der Waals surface area contributed by atoms with Crippen molar-refractivity contribution in [3.8, 4) is 0 Å². The van der Waals surface area contributed by atoms with Gasteiger partial charge in [0, 0.05) is 24.9 Å². The lowest BCUT2D eigenvalue weighted by Gasteiger charge is -2.09. The molecule has 0 heterocycles. The molecule has 0 unspecified atom stereocenters. The van der Waals surface area contributed by atoms with Crippen molar-refractivity contribution in [2.75, 3.05) is 26.2 Å². The van der Waals surface area contributed by atoms with Gasteiger partial charge in [0.05, 0.1) is 0 Å². The molecule has 0 fully saturated rings. The number of rotatable bonds is 11. The number of hydrogen-bond donors (Lipinski definition) is 2. The lowest BCUT2D eigenvalue weighted by molar-refractivity contribution is 0.545. The molecule has 2 N–H and O–H groups in total. The van der Waals surface area contributed by atoms with Gasteiger partial charge in [0.1, 0.15) is 0 Å². The van der Waals surface area contributed by atoms with Crippen LogP contribution in [0.2, 0.25) is 0 Å². The topological polar surface area (TPSA) is 24.1 Å². The molecule has 20 heavy (non-hydrogen) atoms. The molecule has 0 amide bonds. The minimum Gasteiger partial charge on any atom is -0.316 e. The Morgan fingerprint density at radius 2 is 0.950 bits per heavy atom. The van der Waals surface area contributed by atoms with E-state index >= 15 is 0 Å². The van der Waals surface area contributed by atoms with E-state index in [0.717, 1.165) is 26.2 Å². The van der Waals surface area contributed by atoms with Crippen molar-refractivity contribution in [3.63, 3.8) is 0 Å². The first-order valence-electron chi connectivity index (χ1n) is 8.06. The summed E-state index contributed by atoms with van der Waals surface area (Å²) in [6, 6.07) is 0. The highest BCUT2D eigenvalue weighted by molar-refractivity contribution is 5.18. The normalized spacial score (nSPS) is 17.8. The van der Waals surface area contributed by atoms with E-state index in [-0.39, 0.29) is 0 Å². The monoisotopic (exact) mass is 272 g/mol. The van der Waals surface area contributed by atoms with Gasteiger partial charge in [-0.25, -0.2) is 0 Å². The van der Waals surface area contributed by atoms with Gasteiger partial charge in [-0.15, -0.1) is 0 Å². The van der Waals surface area contributed by atoms with E-state index in [1.807, 2.05) is 0 Å². The minimum absolute atomic E-state index is 0.623. The number of hydrogen-bond acceptors (Lipinski definition) is 2. The molecule has 2 aliphatic carbocycles. The molecule has 0 bridgehead atoms. The second kappa shape index (κ2) is 9.73. The smallest absolute Gasteiger partial charge is 0.00779 e. The Hall–Kier alpha value is -1.12. The molecular weight excluding hydrogens is 244 g/mol. The molecule has 0 saturated heterocycles. The summed E-state index contributed by atoms with van der Waals surface area (Å²) >= 11 is 0. The predicted molar refractivity (Wildman–Crippen MR) is 87.7 cm³/mol. The average Bonchev–Trinajstić information content (AvgIpc) is 3.14. The predicted octanol–water partition coefficient (Wildman–Crippen LogP) is 3.21. The Bertz CT molecular complexity index is 306. The lowest BCUT2D eigenvalue weighted by Crippen LogP contribution is -2.22. The summed E-state index contributed by atoms with van der Waals surface area (Å²) in [6.07, 6.45) is 22.9. The summed E-state index contributed by atoms with van der Waals surface area (Å²) in [5.41, 5.74) is 0. The zero-order chi connectivity index (χ0) is 13.9. The van der Waals surface area contributed by atoms with E-state index in [1.54, 1.807) is 0 Å². The molecular formula is C18H28N2. The van der Waals surface area contributed by atoms with Gasteiger partial charge >= 0.3 is 0 Å². The minimum atomic E-state index is 0.623. The fourth-order valence-corrected chi connectivity index (χ4v) is 2.62. The fourth-order valence-electron chi connectivity index (χ4n) is 2.62. The van der Waals surface area contributed by atoms with Gasteiger partial charge in [0.15, 0.2) is 0 Å². The van der Waals surface area contributed by atoms with Crippen molar-refractivity contribution in [3.05, 3.63) is 48.6 Å². The van der Waals surface area contributed by atoms with Crippen LogP contribution in [0.5, 0.6) is 0 Å². The van der Waals surface area contributed by atoms with Crippen LogP contribution < -0.4 is 10.6 Å². The quantitative estimate of drug-likeness (QED) is 0.564. The van der Waals surface area contributed by atoms with Crippen molar-refractivity contribution in [2.24, 2.45) is 11.8 Å². The third kappa shape index (κ3) is 6.36. The van der Waals surface area contributed by atoms with E-state index in [0.29, 0.717) is 11.8 Å². The van der Waals surface area contributed by atoms with Crippen molar-refractivity contribution in [1.29, 1.82) is 0 Å². The Labute approximate surface area is 123 Å². The fraction of sp³-hybridized carbons (Fsp3) is 0.556. The second-order valence-corrected chi connectivity index (χ2v) is 5.69. The van der Waals surface area contributed by atoms with Gasteiger partial charge < -0.3 is 10.6 Å². The molecule has 110 valence electrons. The van der Waals surface area contributed by atoms with E-state index < -0.39 is 0 Å². The molecule has 0 atom stereocenters. The van der Waals surface area contributed by atoms with Crippen LogP contribution in [0.1, 0.15) is 25.7 Å². The van der Waals surface area contributed by atoms with Gasteiger partial charge in [-0.1, -0.05) is 61.4 Å². The molecule has 0 aliphatic heterocycles. The van der Waals surface area contributed by atoms with Crippen LogP contribution >= 0.6 is 0 Å². The molecule has 2 nitrogen and oxygen atoms in total. The van der Waals surface area contributed by atoms with E-state index in [2.05, 4.69) is 59.2 Å². The van der Waals surface area contributed by atoms with Crippen LogP contribution in [-0.4, -0.2) is 26.2 Å². The standard InChI is InChI=1S/C18H28N2/c1(7-13-19-15-17-9-3-4-10-17)2-8-14-20-16-18-11-5-6-12-18/h3-6,9-12,17-20H,1-2,7-8,13-16H2. The highest BCUT2D eigenvalue weighted by atomic mass is 14.9. The first-order valence-corrected chi connectivity index (χ1v) is 8.06. The molecule has 0 aromatic carbocycles. The van der Waals surface area contributed by atoms with Crippen molar-refractivity contribution in [2.45, 2.75) is 25.7 Å². The Balaban J connectivity index is 1.30. The molecule has 2 aliphatic rings. The largest absolute Gasteiger partial charge is 0.316 e. The number of unbranched alkanes of at least 4 members (excludes halogenated alkanes) is 3. The summed E-state index contributed by atoms with van der Waals surface area (Å²) in [7, 11) is 0. The SMILES string of the molecule is C1=CC(CNCCCCCCNCC2C=CC=C2)C=C1. The van der Waals surface area contributed by atoms with Crippen LogP contribution in [-0.2, 0) is 0 Å². The lowest BCUT2D eigenvalue weighted by atomic mass is 10.1. The van der Waals surface area contributed by atoms with Crippen LogP contribution in [0.4, 0.5) is 0 Å². The van der Waals surface area contributed by atoms with Gasteiger partial charge in [0.2, 0.25) is 0 Å². The highest BCUT2D eigenvalue weighted by Gasteiger charge is 2.02. The Kier molecular flexibility index (Phi) is 7.43. The van der Waals surface area contributed by atoms with Crippen LogP contribution in [0.25, 0.3) is 0 Å². The summed E-state index contributed by atoms with van der Waals surface area (Å²) in [6.45, 7) is 4.50. The zero-order valence-electron chi connectivity index (χ0n) is 12.4. The summed E-state index contributed by atoms with van der Waals surface area (Å²) < 4.78 is 0.